The minimum atomic E-state index is -0.772. The lowest BCUT2D eigenvalue weighted by atomic mass is 10.0. The van der Waals surface area contributed by atoms with Crippen LogP contribution in [0.1, 0.15) is 310 Å². The Morgan fingerprint density at radius 3 is 0.847 bits per heavy atom. The monoisotopic (exact) mass is 1000 g/mol. The van der Waals surface area contributed by atoms with Crippen LogP contribution in [0.5, 0.6) is 0 Å². The molecular weight excluding hydrogens is 889 g/mol. The highest BCUT2D eigenvalue weighted by Gasteiger charge is 2.19. The van der Waals surface area contributed by atoms with Crippen molar-refractivity contribution in [3.63, 3.8) is 0 Å². The standard InChI is InChI=1S/C66H116O6/c1-4-7-10-13-16-19-22-24-26-27-28-29-30-31-32-33-34-35-36-37-38-39-41-42-44-47-50-53-56-59-65(68)71-62-63(61-70-64(67)58-55-52-49-46-21-18-15-12-9-6-3)72-66(69)60-57-54-51-48-45-43-40-25-23-20-17-14-11-8-5-2/h7,10,16,19,24,26,28-29,31-32,34-35,63H,4-6,8-9,11-15,17-18,20-23,25,27,30,33,36-62H2,1-3H3/b10-7-,19-16-,26-24-,29-28-,32-31-,35-34-. The van der Waals surface area contributed by atoms with Gasteiger partial charge in [-0.1, -0.05) is 293 Å². The van der Waals surface area contributed by atoms with Crippen molar-refractivity contribution in [1.29, 1.82) is 0 Å². The second-order valence-electron chi connectivity index (χ2n) is 20.6. The van der Waals surface area contributed by atoms with E-state index in [-0.39, 0.29) is 31.1 Å². The van der Waals surface area contributed by atoms with Gasteiger partial charge in [0.05, 0.1) is 0 Å². The van der Waals surface area contributed by atoms with Gasteiger partial charge in [0.2, 0.25) is 0 Å². The molecule has 416 valence electrons. The fourth-order valence-electron chi connectivity index (χ4n) is 8.86. The first-order valence-corrected chi connectivity index (χ1v) is 30.9. The maximum absolute atomic E-state index is 12.8. The minimum absolute atomic E-state index is 0.0715. The average Bonchev–Trinajstić information content (AvgIpc) is 3.38. The van der Waals surface area contributed by atoms with Crippen molar-refractivity contribution in [2.75, 3.05) is 13.2 Å². The molecule has 0 N–H and O–H groups in total. The summed E-state index contributed by atoms with van der Waals surface area (Å²) in [5.41, 5.74) is 0. The van der Waals surface area contributed by atoms with Gasteiger partial charge in [0.25, 0.3) is 0 Å². The number of unbranched alkanes of at least 4 members (excludes halogenated alkanes) is 33. The van der Waals surface area contributed by atoms with Gasteiger partial charge in [0, 0.05) is 19.3 Å². The lowest BCUT2D eigenvalue weighted by Crippen LogP contribution is -2.30. The van der Waals surface area contributed by atoms with Gasteiger partial charge in [-0.15, -0.1) is 0 Å². The van der Waals surface area contributed by atoms with E-state index in [2.05, 4.69) is 93.7 Å². The molecule has 0 saturated carbocycles. The summed E-state index contributed by atoms with van der Waals surface area (Å²) in [6.07, 6.45) is 77.6. The molecule has 0 bridgehead atoms. The van der Waals surface area contributed by atoms with Crippen LogP contribution in [-0.4, -0.2) is 37.2 Å². The Kier molecular flexibility index (Phi) is 57.8. The molecule has 0 radical (unpaired) electrons. The molecule has 0 aromatic carbocycles. The van der Waals surface area contributed by atoms with Gasteiger partial charge >= 0.3 is 17.9 Å². The van der Waals surface area contributed by atoms with Crippen LogP contribution >= 0.6 is 0 Å². The van der Waals surface area contributed by atoms with Gasteiger partial charge < -0.3 is 14.2 Å². The molecule has 72 heavy (non-hydrogen) atoms. The van der Waals surface area contributed by atoms with Gasteiger partial charge in [0.1, 0.15) is 13.2 Å². The summed E-state index contributed by atoms with van der Waals surface area (Å²) in [4.78, 5) is 38.1. The first-order valence-electron chi connectivity index (χ1n) is 30.9. The maximum Gasteiger partial charge on any atom is 0.306 e. The highest BCUT2D eigenvalue weighted by atomic mass is 16.6. The quantitative estimate of drug-likeness (QED) is 0.0261. The van der Waals surface area contributed by atoms with Crippen LogP contribution in [-0.2, 0) is 28.6 Å². The summed E-state index contributed by atoms with van der Waals surface area (Å²) in [7, 11) is 0. The predicted octanol–water partition coefficient (Wildman–Crippen LogP) is 20.9. The number of hydrogen-bond acceptors (Lipinski definition) is 6. The Morgan fingerprint density at radius 2 is 0.542 bits per heavy atom. The summed E-state index contributed by atoms with van der Waals surface area (Å²) < 4.78 is 16.9. The highest BCUT2D eigenvalue weighted by molar-refractivity contribution is 5.71. The molecule has 0 aliphatic rings. The molecule has 0 aliphatic heterocycles. The SMILES string of the molecule is CC/C=C\C/C=C\C/C=C\C/C=C\C/C=C\C/C=C\CCCCCCCCCCCCC(=O)OCC(COC(=O)CCCCCCCCCCCC)OC(=O)CCCCCCCCCCCCCCCCC. The van der Waals surface area contributed by atoms with Crippen molar-refractivity contribution >= 4 is 17.9 Å². The summed E-state index contributed by atoms with van der Waals surface area (Å²) in [5.74, 6) is -0.863. The molecule has 0 aromatic rings. The summed E-state index contributed by atoms with van der Waals surface area (Å²) in [6, 6.07) is 0. The van der Waals surface area contributed by atoms with Crippen molar-refractivity contribution in [1.82, 2.24) is 0 Å². The molecule has 1 unspecified atom stereocenters. The van der Waals surface area contributed by atoms with Crippen molar-refractivity contribution in [2.45, 2.75) is 316 Å². The number of hydrogen-bond donors (Lipinski definition) is 0. The Balaban J connectivity index is 4.19. The van der Waals surface area contributed by atoms with Crippen molar-refractivity contribution in [2.24, 2.45) is 0 Å². The normalized spacial score (nSPS) is 12.5. The number of ether oxygens (including phenoxy) is 3. The predicted molar refractivity (Wildman–Crippen MR) is 311 cm³/mol. The van der Waals surface area contributed by atoms with Crippen molar-refractivity contribution in [3.8, 4) is 0 Å². The lowest BCUT2D eigenvalue weighted by molar-refractivity contribution is -0.167. The number of allylic oxidation sites excluding steroid dienone is 12. The molecule has 0 saturated heterocycles. The Bertz CT molecular complexity index is 1340. The molecule has 0 aromatic heterocycles. The first-order chi connectivity index (χ1) is 35.5. The number of carbonyl (C=O) groups is 3. The van der Waals surface area contributed by atoms with Crippen LogP contribution in [0.4, 0.5) is 0 Å². The largest absolute Gasteiger partial charge is 0.462 e. The third-order valence-electron chi connectivity index (χ3n) is 13.5. The number of rotatable bonds is 56. The van der Waals surface area contributed by atoms with Gasteiger partial charge in [-0.05, 0) is 70.6 Å². The van der Waals surface area contributed by atoms with Gasteiger partial charge in [0.15, 0.2) is 6.10 Å². The molecule has 6 nitrogen and oxygen atoms in total. The van der Waals surface area contributed by atoms with Crippen molar-refractivity contribution < 1.29 is 28.6 Å². The van der Waals surface area contributed by atoms with Gasteiger partial charge in [-0.2, -0.15) is 0 Å². The van der Waals surface area contributed by atoms with Crippen LogP contribution in [0.15, 0.2) is 72.9 Å². The molecule has 1 atom stereocenters. The zero-order valence-corrected chi connectivity index (χ0v) is 47.7. The Morgan fingerprint density at radius 1 is 0.292 bits per heavy atom. The summed E-state index contributed by atoms with van der Waals surface area (Å²) >= 11 is 0. The average molecular weight is 1010 g/mol. The molecule has 0 rings (SSSR count). The van der Waals surface area contributed by atoms with Crippen LogP contribution < -0.4 is 0 Å². The van der Waals surface area contributed by atoms with Gasteiger partial charge in [-0.25, -0.2) is 0 Å². The first kappa shape index (κ1) is 68.8. The van der Waals surface area contributed by atoms with E-state index in [0.717, 1.165) is 96.3 Å². The van der Waals surface area contributed by atoms with E-state index < -0.39 is 6.10 Å². The fourth-order valence-corrected chi connectivity index (χ4v) is 8.86. The molecule has 0 aliphatic carbocycles. The highest BCUT2D eigenvalue weighted by Crippen LogP contribution is 2.17. The third-order valence-corrected chi connectivity index (χ3v) is 13.5. The zero-order valence-electron chi connectivity index (χ0n) is 47.7. The molecule has 6 heteroatoms. The Labute approximate surface area is 446 Å². The Hall–Kier alpha value is -3.15. The van der Waals surface area contributed by atoms with Crippen molar-refractivity contribution in [3.05, 3.63) is 72.9 Å². The van der Waals surface area contributed by atoms with E-state index in [4.69, 9.17) is 14.2 Å². The van der Waals surface area contributed by atoms with Crippen LogP contribution in [0.25, 0.3) is 0 Å². The smallest absolute Gasteiger partial charge is 0.306 e. The zero-order chi connectivity index (χ0) is 52.2. The molecule has 0 fully saturated rings. The second-order valence-corrected chi connectivity index (χ2v) is 20.6. The number of carbonyl (C=O) groups excluding carboxylic acids is 3. The van der Waals surface area contributed by atoms with E-state index in [9.17, 15) is 14.4 Å². The summed E-state index contributed by atoms with van der Waals surface area (Å²) in [5, 5.41) is 0. The lowest BCUT2D eigenvalue weighted by Gasteiger charge is -2.18. The van der Waals surface area contributed by atoms with Crippen LogP contribution in [0.2, 0.25) is 0 Å². The number of esters is 3. The van der Waals surface area contributed by atoms with Crippen LogP contribution in [0, 0.1) is 0 Å². The van der Waals surface area contributed by atoms with E-state index in [1.807, 2.05) is 0 Å². The molecule has 0 amide bonds. The van der Waals surface area contributed by atoms with E-state index >= 15 is 0 Å². The van der Waals surface area contributed by atoms with Crippen LogP contribution in [0.3, 0.4) is 0 Å². The van der Waals surface area contributed by atoms with Gasteiger partial charge in [-0.3, -0.25) is 14.4 Å². The fraction of sp³-hybridized carbons (Fsp3) is 0.773. The molecule has 0 heterocycles. The van der Waals surface area contributed by atoms with E-state index in [1.165, 1.54) is 173 Å². The van der Waals surface area contributed by atoms with E-state index in [0.29, 0.717) is 19.3 Å². The third kappa shape index (κ3) is 57.7. The minimum Gasteiger partial charge on any atom is -0.462 e. The molecule has 0 spiro atoms. The molecular formula is C66H116O6. The maximum atomic E-state index is 12.8. The summed E-state index contributed by atoms with van der Waals surface area (Å²) in [6.45, 7) is 6.54. The topological polar surface area (TPSA) is 78.9 Å². The van der Waals surface area contributed by atoms with E-state index in [1.54, 1.807) is 0 Å². The second kappa shape index (κ2) is 60.4.